The largest absolute Gasteiger partial charge is 0.480 e. The van der Waals surface area contributed by atoms with Gasteiger partial charge in [0.25, 0.3) is 0 Å². The maximum absolute atomic E-state index is 13.4. The van der Waals surface area contributed by atoms with E-state index in [4.69, 9.17) is 17.2 Å². The molecule has 41 heavy (non-hydrogen) atoms. The Morgan fingerprint density at radius 3 is 2.20 bits per heavy atom. The van der Waals surface area contributed by atoms with E-state index in [2.05, 4.69) is 25.9 Å². The Bertz CT molecular complexity index is 1220. The number of guanidine groups is 1. The van der Waals surface area contributed by atoms with Gasteiger partial charge >= 0.3 is 5.97 Å². The van der Waals surface area contributed by atoms with Crippen molar-refractivity contribution in [2.24, 2.45) is 34.0 Å². The van der Waals surface area contributed by atoms with E-state index in [1.165, 1.54) is 0 Å². The SMILES string of the molecule is CC(C)CC(NC(=O)C(CCCN=C(N)N)NC(=O)C(N)Cc1c[nH]c2ccccc12)C(=O)NC(C(=O)O)C(C)C. The minimum absolute atomic E-state index is 0.00730. The molecule has 2 aromatic rings. The molecular formula is C28H44N8O5. The molecule has 0 aliphatic heterocycles. The first-order valence-electron chi connectivity index (χ1n) is 13.8. The highest BCUT2D eigenvalue weighted by atomic mass is 16.4. The standard InChI is InChI=1S/C28H44N8O5/c1-15(2)12-22(26(39)36-23(16(3)4)27(40)41)35-25(38)21(10-7-11-32-28(30)31)34-24(37)19(29)13-17-14-33-20-9-6-5-8-18(17)20/h5-6,8-9,14-16,19,21-23,33H,7,10-13,29H2,1-4H3,(H,34,37)(H,35,38)(H,36,39)(H,40,41)(H4,30,31,32). The van der Waals surface area contributed by atoms with Crippen molar-refractivity contribution < 1.29 is 24.3 Å². The number of aliphatic imine (C=N–C) groups is 1. The third-order valence-electron chi connectivity index (χ3n) is 6.60. The third-order valence-corrected chi connectivity index (χ3v) is 6.60. The smallest absolute Gasteiger partial charge is 0.326 e. The normalized spacial score (nSPS) is 14.2. The summed E-state index contributed by atoms with van der Waals surface area (Å²) in [6.45, 7) is 7.34. The number of H-pyrrole nitrogens is 1. The number of carbonyl (C=O) groups is 4. The van der Waals surface area contributed by atoms with Crippen molar-refractivity contribution in [1.82, 2.24) is 20.9 Å². The number of aromatic amines is 1. The Kier molecular flexibility index (Phi) is 12.6. The van der Waals surface area contributed by atoms with Gasteiger partial charge < -0.3 is 43.2 Å². The van der Waals surface area contributed by atoms with Crippen molar-refractivity contribution in [2.45, 2.75) is 77.5 Å². The minimum Gasteiger partial charge on any atom is -0.480 e. The lowest BCUT2D eigenvalue weighted by Crippen LogP contribution is -2.58. The molecule has 0 saturated heterocycles. The number of carboxylic acid groups (broad SMARTS) is 1. The molecule has 4 atom stereocenters. The van der Waals surface area contributed by atoms with Gasteiger partial charge in [0.15, 0.2) is 5.96 Å². The first kappa shape index (κ1) is 33.1. The minimum atomic E-state index is -1.17. The highest BCUT2D eigenvalue weighted by Gasteiger charge is 2.31. The van der Waals surface area contributed by atoms with Gasteiger partial charge in [-0.3, -0.25) is 19.4 Å². The Morgan fingerprint density at radius 2 is 1.59 bits per heavy atom. The van der Waals surface area contributed by atoms with Crippen LogP contribution in [0.25, 0.3) is 10.9 Å². The maximum atomic E-state index is 13.4. The van der Waals surface area contributed by atoms with Gasteiger partial charge in [-0.15, -0.1) is 0 Å². The van der Waals surface area contributed by atoms with Crippen LogP contribution in [0.15, 0.2) is 35.5 Å². The number of nitrogens with one attached hydrogen (secondary N) is 4. The molecule has 4 unspecified atom stereocenters. The van der Waals surface area contributed by atoms with E-state index < -0.39 is 47.9 Å². The molecule has 0 radical (unpaired) electrons. The fraction of sp³-hybridized carbons (Fsp3) is 0.536. The second-order valence-electron chi connectivity index (χ2n) is 10.9. The molecule has 0 aliphatic carbocycles. The van der Waals surface area contributed by atoms with Crippen molar-refractivity contribution in [1.29, 1.82) is 0 Å². The number of rotatable bonds is 16. The highest BCUT2D eigenvalue weighted by molar-refractivity contribution is 5.94. The average molecular weight is 573 g/mol. The van der Waals surface area contributed by atoms with E-state index in [0.717, 1.165) is 16.5 Å². The lowest BCUT2D eigenvalue weighted by atomic mass is 9.99. The van der Waals surface area contributed by atoms with Crippen molar-refractivity contribution >= 4 is 40.6 Å². The number of aromatic nitrogens is 1. The van der Waals surface area contributed by atoms with Crippen LogP contribution < -0.4 is 33.2 Å². The number of fused-ring (bicyclic) bond motifs is 1. The predicted octanol–water partition coefficient (Wildman–Crippen LogP) is 0.332. The molecule has 1 heterocycles. The van der Waals surface area contributed by atoms with Crippen LogP contribution >= 0.6 is 0 Å². The zero-order valence-corrected chi connectivity index (χ0v) is 24.1. The Labute approximate surface area is 240 Å². The summed E-state index contributed by atoms with van der Waals surface area (Å²) < 4.78 is 0. The third kappa shape index (κ3) is 10.4. The molecule has 13 nitrogen and oxygen atoms in total. The first-order valence-corrected chi connectivity index (χ1v) is 13.8. The number of carbonyl (C=O) groups excluding carboxylic acids is 3. The molecule has 2 rings (SSSR count). The lowest BCUT2D eigenvalue weighted by Gasteiger charge is -2.27. The van der Waals surface area contributed by atoms with Gasteiger partial charge in [0, 0.05) is 23.6 Å². The quantitative estimate of drug-likeness (QED) is 0.0791. The second-order valence-corrected chi connectivity index (χ2v) is 10.9. The molecule has 0 fully saturated rings. The Balaban J connectivity index is 2.18. The zero-order chi connectivity index (χ0) is 30.7. The summed E-state index contributed by atoms with van der Waals surface area (Å²) in [6, 6.07) is 3.54. The van der Waals surface area contributed by atoms with E-state index in [-0.39, 0.29) is 43.6 Å². The molecule has 3 amide bonds. The molecule has 226 valence electrons. The molecule has 0 saturated carbocycles. The van der Waals surface area contributed by atoms with E-state index in [1.54, 1.807) is 20.0 Å². The van der Waals surface area contributed by atoms with Gasteiger partial charge in [0.1, 0.15) is 18.1 Å². The van der Waals surface area contributed by atoms with Gasteiger partial charge in [0.05, 0.1) is 6.04 Å². The molecule has 1 aromatic heterocycles. The van der Waals surface area contributed by atoms with Crippen molar-refractivity contribution in [3.8, 4) is 0 Å². The number of nitrogens with two attached hydrogens (primary N) is 3. The average Bonchev–Trinajstić information content (AvgIpc) is 3.30. The van der Waals surface area contributed by atoms with Crippen LogP contribution in [0.3, 0.4) is 0 Å². The molecular weight excluding hydrogens is 528 g/mol. The lowest BCUT2D eigenvalue weighted by molar-refractivity contribution is -0.143. The molecule has 1 aromatic carbocycles. The van der Waals surface area contributed by atoms with Crippen molar-refractivity contribution in [3.05, 3.63) is 36.0 Å². The number of nitrogens with zero attached hydrogens (tertiary/aromatic N) is 1. The molecule has 13 heteroatoms. The van der Waals surface area contributed by atoms with Crippen molar-refractivity contribution in [3.63, 3.8) is 0 Å². The Morgan fingerprint density at radius 1 is 0.951 bits per heavy atom. The summed E-state index contributed by atoms with van der Waals surface area (Å²) in [4.78, 5) is 58.3. The summed E-state index contributed by atoms with van der Waals surface area (Å²) in [7, 11) is 0. The van der Waals surface area contributed by atoms with Crippen LogP contribution in [0.4, 0.5) is 0 Å². The number of aliphatic carboxylic acids is 1. The van der Waals surface area contributed by atoms with Crippen LogP contribution in [-0.4, -0.2) is 70.5 Å². The van der Waals surface area contributed by atoms with E-state index >= 15 is 0 Å². The summed E-state index contributed by atoms with van der Waals surface area (Å²) in [6.07, 6.45) is 2.84. The number of hydrogen-bond donors (Lipinski definition) is 8. The van der Waals surface area contributed by atoms with E-state index in [1.807, 2.05) is 38.1 Å². The molecule has 11 N–H and O–H groups in total. The van der Waals surface area contributed by atoms with Crippen LogP contribution in [0.1, 0.15) is 52.5 Å². The topological polar surface area (TPSA) is 231 Å². The summed E-state index contributed by atoms with van der Waals surface area (Å²) in [5.41, 5.74) is 18.8. The fourth-order valence-electron chi connectivity index (χ4n) is 4.42. The first-order chi connectivity index (χ1) is 19.3. The summed E-state index contributed by atoms with van der Waals surface area (Å²) >= 11 is 0. The molecule has 0 aliphatic rings. The maximum Gasteiger partial charge on any atom is 0.326 e. The van der Waals surface area contributed by atoms with Gasteiger partial charge in [-0.1, -0.05) is 45.9 Å². The van der Waals surface area contributed by atoms with E-state index in [0.29, 0.717) is 6.42 Å². The van der Waals surface area contributed by atoms with Gasteiger partial charge in [-0.05, 0) is 49.1 Å². The van der Waals surface area contributed by atoms with Crippen LogP contribution in [0.2, 0.25) is 0 Å². The number of benzene rings is 1. The van der Waals surface area contributed by atoms with Gasteiger partial charge in [0.2, 0.25) is 17.7 Å². The summed E-state index contributed by atoms with van der Waals surface area (Å²) in [5, 5.41) is 18.4. The van der Waals surface area contributed by atoms with Crippen LogP contribution in [0, 0.1) is 11.8 Å². The zero-order valence-electron chi connectivity index (χ0n) is 24.1. The predicted molar refractivity (Wildman–Crippen MR) is 158 cm³/mol. The van der Waals surface area contributed by atoms with Crippen LogP contribution in [0.5, 0.6) is 0 Å². The second kappa shape index (κ2) is 15.6. The molecule has 0 spiro atoms. The number of amides is 3. The number of hydrogen-bond acceptors (Lipinski definition) is 6. The van der Waals surface area contributed by atoms with Crippen molar-refractivity contribution in [2.75, 3.05) is 6.54 Å². The highest BCUT2D eigenvalue weighted by Crippen LogP contribution is 2.19. The number of carboxylic acids is 1. The molecule has 0 bridgehead atoms. The Hall–Kier alpha value is -4.13. The van der Waals surface area contributed by atoms with E-state index in [9.17, 15) is 24.3 Å². The number of para-hydroxylation sites is 1. The van der Waals surface area contributed by atoms with Gasteiger partial charge in [-0.2, -0.15) is 0 Å². The monoisotopic (exact) mass is 572 g/mol. The van der Waals surface area contributed by atoms with Crippen LogP contribution in [-0.2, 0) is 25.6 Å². The summed E-state index contributed by atoms with van der Waals surface area (Å²) in [5.74, 6) is -3.37. The van der Waals surface area contributed by atoms with Gasteiger partial charge in [-0.25, -0.2) is 4.79 Å². The fourth-order valence-corrected chi connectivity index (χ4v) is 4.42.